The van der Waals surface area contributed by atoms with Crippen molar-refractivity contribution in [3.05, 3.63) is 75.1 Å². The van der Waals surface area contributed by atoms with Crippen LogP contribution in [0.5, 0.6) is 0 Å². The molecule has 0 aliphatic heterocycles. The first-order valence-electron chi connectivity index (χ1n) is 7.59. The third-order valence-corrected chi connectivity index (χ3v) is 3.80. The molecule has 0 spiro atoms. The number of rotatable bonds is 5. The highest BCUT2D eigenvalue weighted by molar-refractivity contribution is 6.30. The van der Waals surface area contributed by atoms with E-state index in [1.54, 1.807) is 31.2 Å². The molecule has 8 nitrogen and oxygen atoms in total. The Morgan fingerprint density at radius 2 is 2.04 bits per heavy atom. The van der Waals surface area contributed by atoms with Gasteiger partial charge in [0.1, 0.15) is 6.04 Å². The topological polar surface area (TPSA) is 111 Å². The van der Waals surface area contributed by atoms with E-state index in [9.17, 15) is 14.9 Å². The summed E-state index contributed by atoms with van der Waals surface area (Å²) >= 11 is 5.94. The summed E-state index contributed by atoms with van der Waals surface area (Å²) in [6, 6.07) is 11.8. The molecule has 26 heavy (non-hydrogen) atoms. The molecule has 0 fully saturated rings. The molecule has 0 saturated carbocycles. The lowest BCUT2D eigenvalue weighted by Crippen LogP contribution is -2.26. The first-order chi connectivity index (χ1) is 12.4. The van der Waals surface area contributed by atoms with Gasteiger partial charge in [-0.3, -0.25) is 14.9 Å². The third-order valence-electron chi connectivity index (χ3n) is 3.56. The minimum absolute atomic E-state index is 0.161. The molecule has 3 aromatic rings. The van der Waals surface area contributed by atoms with E-state index in [1.807, 2.05) is 0 Å². The van der Waals surface area contributed by atoms with Gasteiger partial charge in [-0.25, -0.2) is 0 Å². The maximum atomic E-state index is 12.3. The highest BCUT2D eigenvalue weighted by Gasteiger charge is 2.19. The molecule has 3 rings (SSSR count). The van der Waals surface area contributed by atoms with Gasteiger partial charge in [-0.05, 0) is 25.1 Å². The second-order valence-electron chi connectivity index (χ2n) is 5.47. The van der Waals surface area contributed by atoms with E-state index >= 15 is 0 Å². The number of carbonyl (C=O) groups is 1. The summed E-state index contributed by atoms with van der Waals surface area (Å²) in [6.07, 6.45) is 0. The van der Waals surface area contributed by atoms with Gasteiger partial charge in [0.2, 0.25) is 11.7 Å². The fourth-order valence-corrected chi connectivity index (χ4v) is 2.45. The summed E-state index contributed by atoms with van der Waals surface area (Å²) in [5, 5.41) is 17.9. The minimum Gasteiger partial charge on any atom is -0.341 e. The number of nitrogens with zero attached hydrogens (tertiary/aromatic N) is 3. The van der Waals surface area contributed by atoms with Gasteiger partial charge in [-0.1, -0.05) is 35.0 Å². The van der Waals surface area contributed by atoms with Crippen LogP contribution in [0.1, 0.15) is 29.2 Å². The predicted octanol–water partition coefficient (Wildman–Crippen LogP) is 3.79. The number of amides is 1. The molecular formula is C17H13ClN4O4. The average molecular weight is 373 g/mol. The van der Waals surface area contributed by atoms with Gasteiger partial charge in [0, 0.05) is 28.3 Å². The van der Waals surface area contributed by atoms with Crippen LogP contribution in [-0.2, 0) is 0 Å². The van der Waals surface area contributed by atoms with Gasteiger partial charge >= 0.3 is 0 Å². The molecule has 0 radical (unpaired) electrons. The van der Waals surface area contributed by atoms with Crippen molar-refractivity contribution < 1.29 is 14.2 Å². The molecule has 132 valence electrons. The smallest absolute Gasteiger partial charge is 0.270 e. The summed E-state index contributed by atoms with van der Waals surface area (Å²) in [6.45, 7) is 1.67. The zero-order valence-electron chi connectivity index (χ0n) is 13.5. The Hall–Kier alpha value is -3.26. The Kier molecular flexibility index (Phi) is 4.94. The number of carbonyl (C=O) groups excluding carboxylic acids is 1. The summed E-state index contributed by atoms with van der Waals surface area (Å²) < 4.78 is 5.19. The van der Waals surface area contributed by atoms with Crippen LogP contribution in [0.2, 0.25) is 5.02 Å². The van der Waals surface area contributed by atoms with E-state index in [0.717, 1.165) is 0 Å². The molecule has 1 amide bonds. The molecule has 0 aliphatic carbocycles. The van der Waals surface area contributed by atoms with E-state index in [1.165, 1.54) is 24.3 Å². The first-order valence-corrected chi connectivity index (χ1v) is 7.96. The van der Waals surface area contributed by atoms with Crippen molar-refractivity contribution in [3.8, 4) is 11.4 Å². The quantitative estimate of drug-likeness (QED) is 0.538. The van der Waals surface area contributed by atoms with Crippen LogP contribution < -0.4 is 5.32 Å². The number of nitro benzene ring substituents is 1. The lowest BCUT2D eigenvalue weighted by molar-refractivity contribution is -0.384. The Balaban J connectivity index is 1.74. The molecule has 1 aromatic heterocycles. The van der Waals surface area contributed by atoms with Crippen LogP contribution >= 0.6 is 11.6 Å². The van der Waals surface area contributed by atoms with Crippen molar-refractivity contribution in [3.63, 3.8) is 0 Å². The van der Waals surface area contributed by atoms with Crippen LogP contribution in [0.3, 0.4) is 0 Å². The summed E-state index contributed by atoms with van der Waals surface area (Å²) in [5.41, 5.74) is 0.691. The molecule has 0 bridgehead atoms. The molecule has 1 atom stereocenters. The minimum atomic E-state index is -0.581. The van der Waals surface area contributed by atoms with Crippen LogP contribution in [0.15, 0.2) is 53.1 Å². The molecule has 0 aliphatic rings. The van der Waals surface area contributed by atoms with Gasteiger partial charge in [0.15, 0.2) is 0 Å². The van der Waals surface area contributed by atoms with E-state index in [2.05, 4.69) is 15.5 Å². The highest BCUT2D eigenvalue weighted by atomic mass is 35.5. The van der Waals surface area contributed by atoms with Crippen molar-refractivity contribution >= 4 is 23.2 Å². The largest absolute Gasteiger partial charge is 0.341 e. The van der Waals surface area contributed by atoms with Crippen molar-refractivity contribution in [1.29, 1.82) is 0 Å². The van der Waals surface area contributed by atoms with Crippen LogP contribution in [0, 0.1) is 10.1 Å². The molecule has 9 heteroatoms. The monoisotopic (exact) mass is 372 g/mol. The fraction of sp³-hybridized carbons (Fsp3) is 0.118. The number of hydrogen-bond donors (Lipinski definition) is 1. The number of aromatic nitrogens is 2. The number of non-ortho nitro benzene ring substituents is 1. The number of hydrogen-bond acceptors (Lipinski definition) is 6. The van der Waals surface area contributed by atoms with Crippen molar-refractivity contribution in [2.75, 3.05) is 0 Å². The fourth-order valence-electron chi connectivity index (χ4n) is 2.26. The standard InChI is InChI=1S/C17H13ClN4O4/c1-10(19-16(23)12-5-3-7-14(9-12)22(24)25)17-20-15(21-26-17)11-4-2-6-13(18)8-11/h2-10H,1H3,(H,19,23). The van der Waals surface area contributed by atoms with Gasteiger partial charge in [0.05, 0.1) is 4.92 Å². The van der Waals surface area contributed by atoms with Crippen LogP contribution in [0.4, 0.5) is 5.69 Å². The number of nitrogens with one attached hydrogen (secondary N) is 1. The third kappa shape index (κ3) is 3.86. The van der Waals surface area contributed by atoms with Gasteiger partial charge in [-0.15, -0.1) is 0 Å². The molecule has 2 aromatic carbocycles. The summed E-state index contributed by atoms with van der Waals surface area (Å²) in [4.78, 5) is 26.8. The average Bonchev–Trinajstić information content (AvgIpc) is 3.12. The predicted molar refractivity (Wildman–Crippen MR) is 93.7 cm³/mol. The highest BCUT2D eigenvalue weighted by Crippen LogP contribution is 2.22. The molecule has 0 saturated heterocycles. The first kappa shape index (κ1) is 17.6. The number of benzene rings is 2. The van der Waals surface area contributed by atoms with E-state index in [4.69, 9.17) is 16.1 Å². The maximum Gasteiger partial charge on any atom is 0.270 e. The second-order valence-corrected chi connectivity index (χ2v) is 5.91. The Morgan fingerprint density at radius 3 is 2.77 bits per heavy atom. The van der Waals surface area contributed by atoms with Crippen LogP contribution in [-0.4, -0.2) is 21.0 Å². The van der Waals surface area contributed by atoms with Crippen molar-refractivity contribution in [2.24, 2.45) is 0 Å². The molecule has 1 heterocycles. The van der Waals surface area contributed by atoms with E-state index in [-0.39, 0.29) is 17.1 Å². The van der Waals surface area contributed by atoms with E-state index in [0.29, 0.717) is 16.4 Å². The second kappa shape index (κ2) is 7.32. The zero-order chi connectivity index (χ0) is 18.7. The van der Waals surface area contributed by atoms with Gasteiger partial charge in [0.25, 0.3) is 11.6 Å². The van der Waals surface area contributed by atoms with Crippen LogP contribution in [0.25, 0.3) is 11.4 Å². The van der Waals surface area contributed by atoms with Gasteiger partial charge in [-0.2, -0.15) is 4.98 Å². The summed E-state index contributed by atoms with van der Waals surface area (Å²) in [7, 11) is 0. The lowest BCUT2D eigenvalue weighted by atomic mass is 10.2. The number of halogens is 1. The Labute approximate surface area is 152 Å². The lowest BCUT2D eigenvalue weighted by Gasteiger charge is -2.09. The van der Waals surface area contributed by atoms with Crippen molar-refractivity contribution in [1.82, 2.24) is 15.5 Å². The molecule has 1 N–H and O–H groups in total. The molecule has 1 unspecified atom stereocenters. The maximum absolute atomic E-state index is 12.3. The molecular weight excluding hydrogens is 360 g/mol. The zero-order valence-corrected chi connectivity index (χ0v) is 14.3. The number of nitro groups is 1. The Morgan fingerprint density at radius 1 is 1.27 bits per heavy atom. The SMILES string of the molecule is CC(NC(=O)c1cccc([N+](=O)[O-])c1)c1nc(-c2cccc(Cl)c2)no1. The van der Waals surface area contributed by atoms with E-state index < -0.39 is 16.9 Å². The normalized spacial score (nSPS) is 11.8. The Bertz CT molecular complexity index is 973. The van der Waals surface area contributed by atoms with Crippen molar-refractivity contribution in [2.45, 2.75) is 13.0 Å². The summed E-state index contributed by atoms with van der Waals surface area (Å²) in [5.74, 6) is 0.0707. The van der Waals surface area contributed by atoms with Gasteiger partial charge < -0.3 is 9.84 Å².